The number of carbonyl (C=O) groups excluding carboxylic acids is 2. The van der Waals surface area contributed by atoms with Crippen molar-refractivity contribution in [1.29, 1.82) is 0 Å². The second-order valence-corrected chi connectivity index (χ2v) is 6.20. The van der Waals surface area contributed by atoms with Crippen LogP contribution < -0.4 is 5.73 Å². The Balaban J connectivity index is 2.11. The predicted molar refractivity (Wildman–Crippen MR) is 83.8 cm³/mol. The molecule has 1 aliphatic rings. The van der Waals surface area contributed by atoms with Crippen LogP contribution in [-0.4, -0.2) is 35.7 Å². The first kappa shape index (κ1) is 16.3. The lowest BCUT2D eigenvalue weighted by Crippen LogP contribution is -2.43. The van der Waals surface area contributed by atoms with Gasteiger partial charge in [-0.1, -0.05) is 36.0 Å². The van der Waals surface area contributed by atoms with Crippen LogP contribution in [0.25, 0.3) is 0 Å². The van der Waals surface area contributed by atoms with Gasteiger partial charge in [0.2, 0.25) is 5.91 Å². The topological polar surface area (TPSA) is 63.4 Å². The lowest BCUT2D eigenvalue weighted by molar-refractivity contribution is -0.119. The summed E-state index contributed by atoms with van der Waals surface area (Å²) in [7, 11) is 0. The van der Waals surface area contributed by atoms with Crippen LogP contribution in [0.3, 0.4) is 0 Å². The number of carbonyl (C=O) groups is 2. The Hall–Kier alpha value is -1.10. The summed E-state index contributed by atoms with van der Waals surface area (Å²) in [5.74, 6) is -0.540. The molecule has 1 fully saturated rings. The summed E-state index contributed by atoms with van der Waals surface area (Å²) in [4.78, 5) is 25.5. The molecule has 0 heterocycles. The lowest BCUT2D eigenvalue weighted by Gasteiger charge is -2.26. The number of benzene rings is 1. The van der Waals surface area contributed by atoms with Crippen molar-refractivity contribution in [3.05, 3.63) is 33.8 Å². The van der Waals surface area contributed by atoms with Crippen molar-refractivity contribution in [2.75, 3.05) is 13.1 Å². The molecule has 1 amide bonds. The van der Waals surface area contributed by atoms with Crippen molar-refractivity contribution in [3.63, 3.8) is 0 Å². The van der Waals surface area contributed by atoms with Crippen molar-refractivity contribution in [1.82, 2.24) is 4.90 Å². The maximum atomic E-state index is 12.4. The summed E-state index contributed by atoms with van der Waals surface area (Å²) >= 11 is 11.9. The number of nitrogens with two attached hydrogens (primary N) is 1. The number of halogens is 2. The van der Waals surface area contributed by atoms with E-state index in [4.69, 9.17) is 28.9 Å². The number of rotatable bonds is 6. The standard InChI is InChI=1S/C15H18Cl2N2O2/c16-10-5-6-12(13(17)7-10)14(20)8-19(9-15(18)21)11-3-1-2-4-11/h5-7,11H,1-4,8-9H2,(H2,18,21). The van der Waals surface area contributed by atoms with Crippen molar-refractivity contribution < 1.29 is 9.59 Å². The fourth-order valence-corrected chi connectivity index (χ4v) is 3.28. The van der Waals surface area contributed by atoms with Crippen molar-refractivity contribution in [3.8, 4) is 0 Å². The largest absolute Gasteiger partial charge is 0.369 e. The number of hydrogen-bond acceptors (Lipinski definition) is 3. The van der Waals surface area contributed by atoms with E-state index in [1.54, 1.807) is 18.2 Å². The molecule has 114 valence electrons. The highest BCUT2D eigenvalue weighted by molar-refractivity contribution is 6.36. The molecule has 0 aromatic heterocycles. The third kappa shape index (κ3) is 4.43. The van der Waals surface area contributed by atoms with Crippen molar-refractivity contribution in [2.24, 2.45) is 5.73 Å². The Labute approximate surface area is 134 Å². The normalized spacial score (nSPS) is 15.6. The maximum absolute atomic E-state index is 12.4. The van der Waals surface area contributed by atoms with Gasteiger partial charge in [0.05, 0.1) is 18.1 Å². The van der Waals surface area contributed by atoms with Crippen LogP contribution in [0.5, 0.6) is 0 Å². The summed E-state index contributed by atoms with van der Waals surface area (Å²) in [6.07, 6.45) is 4.23. The molecule has 1 saturated carbocycles. The minimum atomic E-state index is -0.420. The molecule has 0 aliphatic heterocycles. The first-order valence-electron chi connectivity index (χ1n) is 6.98. The fraction of sp³-hybridized carbons (Fsp3) is 0.467. The van der Waals surface area contributed by atoms with Crippen molar-refractivity contribution >= 4 is 34.9 Å². The van der Waals surface area contributed by atoms with Crippen molar-refractivity contribution in [2.45, 2.75) is 31.7 Å². The van der Waals surface area contributed by atoms with E-state index in [1.807, 2.05) is 4.90 Å². The third-order valence-electron chi connectivity index (χ3n) is 3.78. The highest BCUT2D eigenvalue weighted by Crippen LogP contribution is 2.25. The predicted octanol–water partition coefficient (Wildman–Crippen LogP) is 2.91. The minimum Gasteiger partial charge on any atom is -0.369 e. The molecular formula is C15H18Cl2N2O2. The van der Waals surface area contributed by atoms with Gasteiger partial charge < -0.3 is 5.73 Å². The first-order chi connectivity index (χ1) is 9.97. The number of nitrogens with zero attached hydrogens (tertiary/aromatic N) is 1. The maximum Gasteiger partial charge on any atom is 0.231 e. The van der Waals surface area contributed by atoms with E-state index >= 15 is 0 Å². The van der Waals surface area contributed by atoms with Gasteiger partial charge in [0.1, 0.15) is 0 Å². The molecule has 0 bridgehead atoms. The molecule has 4 nitrogen and oxygen atoms in total. The highest BCUT2D eigenvalue weighted by Gasteiger charge is 2.26. The van der Waals surface area contributed by atoms with Crippen LogP contribution in [0, 0.1) is 0 Å². The zero-order valence-electron chi connectivity index (χ0n) is 11.6. The molecule has 1 aromatic carbocycles. The Morgan fingerprint density at radius 2 is 1.86 bits per heavy atom. The third-order valence-corrected chi connectivity index (χ3v) is 4.33. The van der Waals surface area contributed by atoms with Gasteiger partial charge in [-0.25, -0.2) is 0 Å². The Morgan fingerprint density at radius 1 is 1.19 bits per heavy atom. The van der Waals surface area contributed by atoms with Gasteiger partial charge in [0.15, 0.2) is 5.78 Å². The lowest BCUT2D eigenvalue weighted by atomic mass is 10.1. The highest BCUT2D eigenvalue weighted by atomic mass is 35.5. The van der Waals surface area contributed by atoms with Gasteiger partial charge in [0, 0.05) is 16.6 Å². The number of Topliss-reactive ketones (excluding diaryl/α,β-unsaturated/α-hetero) is 1. The molecule has 0 atom stereocenters. The summed E-state index contributed by atoms with van der Waals surface area (Å²) in [6.45, 7) is 0.247. The molecule has 0 unspecified atom stereocenters. The smallest absolute Gasteiger partial charge is 0.231 e. The Bertz CT molecular complexity index is 542. The SMILES string of the molecule is NC(=O)CN(CC(=O)c1ccc(Cl)cc1Cl)C1CCCC1. The Kier molecular flexibility index (Phi) is 5.62. The van der Waals surface area contributed by atoms with E-state index in [1.165, 1.54) is 0 Å². The van der Waals surface area contributed by atoms with E-state index in [9.17, 15) is 9.59 Å². The molecule has 1 aromatic rings. The summed E-state index contributed by atoms with van der Waals surface area (Å²) in [6, 6.07) is 5.04. The first-order valence-corrected chi connectivity index (χ1v) is 7.73. The molecule has 0 saturated heterocycles. The van der Waals surface area contributed by atoms with Gasteiger partial charge >= 0.3 is 0 Å². The zero-order valence-corrected chi connectivity index (χ0v) is 13.2. The zero-order chi connectivity index (χ0) is 15.4. The van der Waals surface area contributed by atoms with E-state index in [-0.39, 0.29) is 24.9 Å². The number of primary amides is 1. The van der Waals surface area contributed by atoms with E-state index < -0.39 is 5.91 Å². The average molecular weight is 329 g/mol. The average Bonchev–Trinajstić information content (AvgIpc) is 2.90. The second-order valence-electron chi connectivity index (χ2n) is 5.36. The molecule has 2 rings (SSSR count). The molecule has 0 radical (unpaired) electrons. The van der Waals surface area contributed by atoms with Gasteiger partial charge in [0.25, 0.3) is 0 Å². The molecule has 6 heteroatoms. The molecule has 0 spiro atoms. The number of amides is 1. The van der Waals surface area contributed by atoms with Gasteiger partial charge in [-0.2, -0.15) is 0 Å². The quantitative estimate of drug-likeness (QED) is 0.816. The van der Waals surface area contributed by atoms with Crippen LogP contribution >= 0.6 is 23.2 Å². The van der Waals surface area contributed by atoms with Gasteiger partial charge in [-0.3, -0.25) is 14.5 Å². The number of hydrogen-bond donors (Lipinski definition) is 1. The van der Waals surface area contributed by atoms with E-state index in [0.717, 1.165) is 25.7 Å². The van der Waals surface area contributed by atoms with Gasteiger partial charge in [-0.05, 0) is 31.0 Å². The van der Waals surface area contributed by atoms with Gasteiger partial charge in [-0.15, -0.1) is 0 Å². The van der Waals surface area contributed by atoms with E-state index in [0.29, 0.717) is 15.6 Å². The molecular weight excluding hydrogens is 311 g/mol. The summed E-state index contributed by atoms with van der Waals surface area (Å²) in [5, 5.41) is 0.819. The monoisotopic (exact) mass is 328 g/mol. The van der Waals surface area contributed by atoms with Crippen LogP contribution in [0.4, 0.5) is 0 Å². The van der Waals surface area contributed by atoms with Crippen LogP contribution in [0.15, 0.2) is 18.2 Å². The van der Waals surface area contributed by atoms with Crippen LogP contribution in [0.2, 0.25) is 10.0 Å². The summed E-state index contributed by atoms with van der Waals surface area (Å²) in [5.41, 5.74) is 5.71. The Morgan fingerprint density at radius 3 is 2.43 bits per heavy atom. The van der Waals surface area contributed by atoms with Crippen LogP contribution in [0.1, 0.15) is 36.0 Å². The molecule has 21 heavy (non-hydrogen) atoms. The molecule has 1 aliphatic carbocycles. The summed E-state index contributed by atoms with van der Waals surface area (Å²) < 4.78 is 0. The fourth-order valence-electron chi connectivity index (χ4n) is 2.77. The van der Waals surface area contributed by atoms with E-state index in [2.05, 4.69) is 0 Å². The van der Waals surface area contributed by atoms with Crippen LogP contribution in [-0.2, 0) is 4.79 Å². The molecule has 2 N–H and O–H groups in total. The number of ketones is 1. The second kappa shape index (κ2) is 7.25. The minimum absolute atomic E-state index is 0.0988.